The fourth-order valence-electron chi connectivity index (χ4n) is 3.80. The minimum Gasteiger partial charge on any atom is -0.497 e. The van der Waals surface area contributed by atoms with Gasteiger partial charge in [-0.3, -0.25) is 9.67 Å². The van der Waals surface area contributed by atoms with Crippen LogP contribution < -0.4 is 20.1 Å². The number of ether oxygens (including phenoxy) is 2. The number of rotatable bonds is 7. The van der Waals surface area contributed by atoms with E-state index in [1.54, 1.807) is 37.5 Å². The van der Waals surface area contributed by atoms with Gasteiger partial charge in [-0.05, 0) is 24.3 Å². The highest BCUT2D eigenvalue weighted by Gasteiger charge is 2.16. The highest BCUT2D eigenvalue weighted by molar-refractivity contribution is 5.82. The van der Waals surface area contributed by atoms with E-state index >= 15 is 0 Å². The van der Waals surface area contributed by atoms with Crippen molar-refractivity contribution in [3.05, 3.63) is 72.9 Å². The van der Waals surface area contributed by atoms with Crippen LogP contribution in [0.15, 0.2) is 67.3 Å². The van der Waals surface area contributed by atoms with Crippen LogP contribution in [-0.2, 0) is 13.6 Å². The molecule has 3 aromatic heterocycles. The molecule has 0 radical (unpaired) electrons. The first kappa shape index (κ1) is 22.1. The predicted molar refractivity (Wildman–Crippen MR) is 134 cm³/mol. The number of nitrogen functional groups attached to an aromatic ring is 1. The molecule has 0 bridgehead atoms. The SMILES string of the molecule is COc1cc(OC)cc(N(Cc2ccnc(N)n2)c2ccc3ncc(-c4cnn(C)c4)nc3c2)c1. The van der Waals surface area contributed by atoms with Crippen molar-refractivity contribution in [3.63, 3.8) is 0 Å². The molecular formula is C25H24N8O2. The molecule has 2 aromatic carbocycles. The van der Waals surface area contributed by atoms with Crippen LogP contribution in [0.3, 0.4) is 0 Å². The average Bonchev–Trinajstić information content (AvgIpc) is 3.32. The Morgan fingerprint density at radius 3 is 2.37 bits per heavy atom. The maximum atomic E-state index is 5.85. The van der Waals surface area contributed by atoms with Gasteiger partial charge in [0.2, 0.25) is 5.95 Å². The topological polar surface area (TPSA) is 117 Å². The number of nitrogens with zero attached hydrogens (tertiary/aromatic N) is 7. The van der Waals surface area contributed by atoms with Crippen LogP contribution in [-0.4, -0.2) is 43.9 Å². The van der Waals surface area contributed by atoms with Crippen LogP contribution in [0.5, 0.6) is 11.5 Å². The summed E-state index contributed by atoms with van der Waals surface area (Å²) in [5, 5.41) is 4.24. The zero-order valence-electron chi connectivity index (χ0n) is 19.6. The third-order valence-corrected chi connectivity index (χ3v) is 5.54. The van der Waals surface area contributed by atoms with Gasteiger partial charge in [0.1, 0.15) is 11.5 Å². The monoisotopic (exact) mass is 468 g/mol. The molecule has 2 N–H and O–H groups in total. The lowest BCUT2D eigenvalue weighted by molar-refractivity contribution is 0.394. The smallest absolute Gasteiger partial charge is 0.220 e. The van der Waals surface area contributed by atoms with Crippen molar-refractivity contribution in [2.45, 2.75) is 6.54 Å². The van der Waals surface area contributed by atoms with Gasteiger partial charge in [-0.15, -0.1) is 0 Å². The van der Waals surface area contributed by atoms with Gasteiger partial charge in [0.05, 0.1) is 55.6 Å². The van der Waals surface area contributed by atoms with Gasteiger partial charge >= 0.3 is 0 Å². The average molecular weight is 469 g/mol. The molecule has 0 saturated carbocycles. The van der Waals surface area contributed by atoms with E-state index in [-0.39, 0.29) is 5.95 Å². The van der Waals surface area contributed by atoms with Crippen LogP contribution in [0.1, 0.15) is 5.69 Å². The number of hydrogen-bond donors (Lipinski definition) is 1. The van der Waals surface area contributed by atoms with Gasteiger partial charge < -0.3 is 20.1 Å². The fraction of sp³-hybridized carbons (Fsp3) is 0.160. The summed E-state index contributed by atoms with van der Waals surface area (Å²) in [6.45, 7) is 0.435. The molecule has 0 amide bonds. The van der Waals surface area contributed by atoms with Gasteiger partial charge in [0, 0.05) is 54.6 Å². The molecule has 176 valence electrons. The number of benzene rings is 2. The maximum Gasteiger partial charge on any atom is 0.220 e. The summed E-state index contributed by atoms with van der Waals surface area (Å²) in [4.78, 5) is 19.9. The summed E-state index contributed by atoms with van der Waals surface area (Å²) in [6, 6.07) is 13.5. The van der Waals surface area contributed by atoms with Crippen LogP contribution in [0.2, 0.25) is 0 Å². The third kappa shape index (κ3) is 4.67. The van der Waals surface area contributed by atoms with E-state index in [1.165, 1.54) is 0 Å². The largest absolute Gasteiger partial charge is 0.497 e. The summed E-state index contributed by atoms with van der Waals surface area (Å²) in [5.74, 6) is 1.56. The van der Waals surface area contributed by atoms with E-state index in [2.05, 4.69) is 25.0 Å². The molecule has 5 rings (SSSR count). The number of aryl methyl sites for hydroxylation is 1. The van der Waals surface area contributed by atoms with Crippen molar-refractivity contribution in [1.82, 2.24) is 29.7 Å². The first-order chi connectivity index (χ1) is 17.0. The summed E-state index contributed by atoms with van der Waals surface area (Å²) in [5.41, 5.74) is 11.5. The summed E-state index contributed by atoms with van der Waals surface area (Å²) < 4.78 is 12.8. The standard InChI is InChI=1S/C25H24N8O2/c1-32-14-16(12-29-32)24-13-28-22-5-4-18(10-23(22)31-24)33(15-17-6-7-27-25(26)30-17)19-8-20(34-2)11-21(9-19)35-3/h4-14H,15H2,1-3H3,(H2,26,27,30). The lowest BCUT2D eigenvalue weighted by atomic mass is 10.1. The minimum atomic E-state index is 0.219. The Labute approximate surface area is 202 Å². The van der Waals surface area contributed by atoms with Crippen molar-refractivity contribution in [3.8, 4) is 22.8 Å². The molecule has 5 aromatic rings. The molecule has 0 aliphatic carbocycles. The van der Waals surface area contributed by atoms with Crippen LogP contribution >= 0.6 is 0 Å². The lowest BCUT2D eigenvalue weighted by Gasteiger charge is -2.26. The zero-order valence-corrected chi connectivity index (χ0v) is 19.6. The van der Waals surface area contributed by atoms with Crippen molar-refractivity contribution in [2.75, 3.05) is 24.9 Å². The van der Waals surface area contributed by atoms with Gasteiger partial charge in [0.25, 0.3) is 0 Å². The number of methoxy groups -OCH3 is 2. The Kier molecular flexibility index (Phi) is 5.84. The summed E-state index contributed by atoms with van der Waals surface area (Å²) >= 11 is 0. The quantitative estimate of drug-likeness (QED) is 0.381. The molecule has 0 fully saturated rings. The van der Waals surface area contributed by atoms with E-state index in [0.29, 0.717) is 18.0 Å². The number of aromatic nitrogens is 6. The molecule has 0 aliphatic rings. The number of nitrogens with two attached hydrogens (primary N) is 1. The van der Waals surface area contributed by atoms with E-state index < -0.39 is 0 Å². The van der Waals surface area contributed by atoms with Crippen LogP contribution in [0.25, 0.3) is 22.3 Å². The first-order valence-corrected chi connectivity index (χ1v) is 10.9. The third-order valence-electron chi connectivity index (χ3n) is 5.54. The van der Waals surface area contributed by atoms with Crippen molar-refractivity contribution < 1.29 is 9.47 Å². The van der Waals surface area contributed by atoms with E-state index in [0.717, 1.165) is 39.4 Å². The van der Waals surface area contributed by atoms with Crippen molar-refractivity contribution in [2.24, 2.45) is 7.05 Å². The zero-order chi connectivity index (χ0) is 24.4. The molecule has 0 unspecified atom stereocenters. The normalized spacial score (nSPS) is 10.9. The van der Waals surface area contributed by atoms with E-state index in [4.69, 9.17) is 20.2 Å². The Morgan fingerprint density at radius 2 is 1.69 bits per heavy atom. The molecule has 0 aliphatic heterocycles. The Bertz CT molecular complexity index is 1480. The number of hydrogen-bond acceptors (Lipinski definition) is 9. The Balaban J connectivity index is 1.62. The van der Waals surface area contributed by atoms with Crippen LogP contribution in [0, 0.1) is 0 Å². The molecule has 10 heteroatoms. The molecular weight excluding hydrogens is 444 g/mol. The first-order valence-electron chi connectivity index (χ1n) is 10.9. The van der Waals surface area contributed by atoms with Gasteiger partial charge in [0.15, 0.2) is 0 Å². The lowest BCUT2D eigenvalue weighted by Crippen LogP contribution is -2.18. The summed E-state index contributed by atoms with van der Waals surface area (Å²) in [7, 11) is 5.12. The van der Waals surface area contributed by atoms with Gasteiger partial charge in [-0.1, -0.05) is 0 Å². The molecule has 0 spiro atoms. The van der Waals surface area contributed by atoms with Crippen molar-refractivity contribution in [1.29, 1.82) is 0 Å². The predicted octanol–water partition coefficient (Wildman–Crippen LogP) is 3.76. The highest BCUT2D eigenvalue weighted by Crippen LogP contribution is 2.35. The Hall–Kier alpha value is -4.73. The van der Waals surface area contributed by atoms with Gasteiger partial charge in [-0.25, -0.2) is 15.0 Å². The molecule has 0 saturated heterocycles. The second kappa shape index (κ2) is 9.26. The second-order valence-electron chi connectivity index (χ2n) is 7.89. The van der Waals surface area contributed by atoms with Crippen molar-refractivity contribution >= 4 is 28.4 Å². The summed E-state index contributed by atoms with van der Waals surface area (Å²) in [6.07, 6.45) is 7.09. The number of anilines is 3. The molecule has 3 heterocycles. The van der Waals surface area contributed by atoms with E-state index in [9.17, 15) is 0 Å². The second-order valence-corrected chi connectivity index (χ2v) is 7.89. The minimum absolute atomic E-state index is 0.219. The molecule has 35 heavy (non-hydrogen) atoms. The fourth-order valence-corrected chi connectivity index (χ4v) is 3.80. The molecule has 0 atom stereocenters. The van der Waals surface area contributed by atoms with Crippen LogP contribution in [0.4, 0.5) is 17.3 Å². The Morgan fingerprint density at radius 1 is 0.886 bits per heavy atom. The van der Waals surface area contributed by atoms with E-state index in [1.807, 2.05) is 55.7 Å². The maximum absolute atomic E-state index is 5.85. The highest BCUT2D eigenvalue weighted by atomic mass is 16.5. The number of fused-ring (bicyclic) bond motifs is 1. The van der Waals surface area contributed by atoms with Gasteiger partial charge in [-0.2, -0.15) is 5.10 Å². The molecule has 10 nitrogen and oxygen atoms in total.